The van der Waals surface area contributed by atoms with Gasteiger partial charge in [0.1, 0.15) is 12.4 Å². The maximum atomic E-state index is 10.5. The third-order valence-electron chi connectivity index (χ3n) is 3.33. The Morgan fingerprint density at radius 2 is 1.80 bits per heavy atom. The van der Waals surface area contributed by atoms with E-state index >= 15 is 0 Å². The maximum absolute atomic E-state index is 10.5. The minimum Gasteiger partial charge on any atom is -0.748 e. The van der Waals surface area contributed by atoms with Gasteiger partial charge in [-0.15, -0.1) is 0 Å². The van der Waals surface area contributed by atoms with Crippen molar-refractivity contribution in [1.29, 1.82) is 0 Å². The lowest BCUT2D eigenvalue weighted by atomic mass is 10.1. The Labute approximate surface area is 122 Å². The molecule has 6 heteroatoms. The molecule has 1 heterocycles. The van der Waals surface area contributed by atoms with Gasteiger partial charge in [0.15, 0.2) is 0 Å². The van der Waals surface area contributed by atoms with E-state index in [9.17, 15) is 13.0 Å². The van der Waals surface area contributed by atoms with E-state index in [1.165, 1.54) is 38.5 Å². The molecule has 116 valence electrons. The normalized spacial score (nSPS) is 11.9. The van der Waals surface area contributed by atoms with Crippen molar-refractivity contribution in [2.24, 2.45) is 0 Å². The Hall–Kier alpha value is -0.880. The summed E-state index contributed by atoms with van der Waals surface area (Å²) in [5, 5.41) is 0. The summed E-state index contributed by atoms with van der Waals surface area (Å²) in [4.78, 5) is 0. The number of rotatable bonds is 11. The van der Waals surface area contributed by atoms with Crippen molar-refractivity contribution in [2.75, 3.05) is 5.75 Å². The fourth-order valence-electron chi connectivity index (χ4n) is 2.20. The van der Waals surface area contributed by atoms with E-state index in [0.717, 1.165) is 6.54 Å². The summed E-state index contributed by atoms with van der Waals surface area (Å²) in [7, 11) is -4.08. The average Bonchev–Trinajstić information content (AvgIpc) is 2.80. The Balaban J connectivity index is 2.16. The van der Waals surface area contributed by atoms with Crippen LogP contribution in [0.1, 0.15) is 51.9 Å². The zero-order valence-electron chi connectivity index (χ0n) is 12.3. The number of hydrogen-bond donors (Lipinski definition) is 0. The first kappa shape index (κ1) is 17.2. The van der Waals surface area contributed by atoms with Crippen molar-refractivity contribution >= 4 is 10.1 Å². The first-order valence-electron chi connectivity index (χ1n) is 7.49. The lowest BCUT2D eigenvalue weighted by Crippen LogP contribution is -2.32. The highest BCUT2D eigenvalue weighted by molar-refractivity contribution is 7.85. The lowest BCUT2D eigenvalue weighted by molar-refractivity contribution is -0.696. The van der Waals surface area contributed by atoms with Gasteiger partial charge in [0, 0.05) is 5.75 Å². The highest BCUT2D eigenvalue weighted by atomic mass is 32.2. The Bertz CT molecular complexity index is 469. The summed E-state index contributed by atoms with van der Waals surface area (Å²) in [6.07, 6.45) is 13.9. The van der Waals surface area contributed by atoms with E-state index in [0.29, 0.717) is 13.0 Å². The molecule has 1 rings (SSSR count). The quantitative estimate of drug-likeness (QED) is 0.357. The van der Waals surface area contributed by atoms with E-state index in [1.807, 2.05) is 23.3 Å². The molecular weight excluding hydrogens is 276 g/mol. The second-order valence-electron chi connectivity index (χ2n) is 5.27. The van der Waals surface area contributed by atoms with Gasteiger partial charge in [-0.2, -0.15) is 0 Å². The molecule has 0 atom stereocenters. The highest BCUT2D eigenvalue weighted by Crippen LogP contribution is 2.05. The molecule has 5 nitrogen and oxygen atoms in total. The monoisotopic (exact) mass is 302 g/mol. The van der Waals surface area contributed by atoms with Crippen LogP contribution >= 0.6 is 0 Å². The lowest BCUT2D eigenvalue weighted by Gasteiger charge is -2.04. The molecule has 0 aromatic carbocycles. The van der Waals surface area contributed by atoms with E-state index in [4.69, 9.17) is 0 Å². The standard InChI is InChI=1S/C14H26N2O3S/c1-2-3-4-5-6-7-9-15-11-12-16(14-15)10-8-13-20(17,18)19/h11-12,14H,2-10,13H2,1H3. The summed E-state index contributed by atoms with van der Waals surface area (Å²) in [5.41, 5.74) is 0. The minimum atomic E-state index is -4.08. The summed E-state index contributed by atoms with van der Waals surface area (Å²) in [6.45, 7) is 3.79. The number of nitrogens with zero attached hydrogens (tertiary/aromatic N) is 2. The molecular formula is C14H26N2O3S. The molecule has 0 aliphatic heterocycles. The fourth-order valence-corrected chi connectivity index (χ4v) is 2.68. The Kier molecular flexibility index (Phi) is 7.84. The summed E-state index contributed by atoms with van der Waals surface area (Å²) in [6, 6.07) is 0. The third kappa shape index (κ3) is 8.32. The van der Waals surface area contributed by atoms with Crippen molar-refractivity contribution in [2.45, 2.75) is 65.0 Å². The molecule has 20 heavy (non-hydrogen) atoms. The van der Waals surface area contributed by atoms with Crippen LogP contribution in [0.3, 0.4) is 0 Å². The fraction of sp³-hybridized carbons (Fsp3) is 0.786. The molecule has 0 N–H and O–H groups in total. The summed E-state index contributed by atoms with van der Waals surface area (Å²) in [5.74, 6) is -0.289. The van der Waals surface area contributed by atoms with Crippen LogP contribution < -0.4 is 4.57 Å². The zero-order valence-corrected chi connectivity index (χ0v) is 13.1. The van der Waals surface area contributed by atoms with Crippen LogP contribution in [0.4, 0.5) is 0 Å². The summed E-state index contributed by atoms with van der Waals surface area (Å²) < 4.78 is 35.6. The third-order valence-corrected chi connectivity index (χ3v) is 4.12. The van der Waals surface area contributed by atoms with Gasteiger partial charge in [-0.1, -0.05) is 32.6 Å². The Morgan fingerprint density at radius 1 is 1.10 bits per heavy atom. The SMILES string of the molecule is CCCCCCCCn1cc[n+](CCCS(=O)(=O)[O-])c1. The van der Waals surface area contributed by atoms with Gasteiger partial charge < -0.3 is 4.55 Å². The average molecular weight is 302 g/mol. The van der Waals surface area contributed by atoms with Gasteiger partial charge in [-0.3, -0.25) is 0 Å². The van der Waals surface area contributed by atoms with Crippen LogP contribution in [0.2, 0.25) is 0 Å². The van der Waals surface area contributed by atoms with Crippen LogP contribution in [0.25, 0.3) is 0 Å². The van der Waals surface area contributed by atoms with E-state index in [2.05, 4.69) is 11.5 Å². The number of unbranched alkanes of at least 4 members (excludes halogenated alkanes) is 5. The number of aromatic nitrogens is 2. The van der Waals surface area contributed by atoms with Crippen molar-refractivity contribution in [3.63, 3.8) is 0 Å². The molecule has 0 amide bonds. The molecule has 0 aliphatic carbocycles. The Morgan fingerprint density at radius 3 is 2.50 bits per heavy atom. The number of imidazole rings is 1. The van der Waals surface area contributed by atoms with Gasteiger partial charge in [-0.25, -0.2) is 17.6 Å². The van der Waals surface area contributed by atoms with Gasteiger partial charge >= 0.3 is 0 Å². The summed E-state index contributed by atoms with van der Waals surface area (Å²) >= 11 is 0. The molecule has 0 saturated carbocycles. The van der Waals surface area contributed by atoms with Crippen LogP contribution in [0.5, 0.6) is 0 Å². The van der Waals surface area contributed by atoms with E-state index < -0.39 is 10.1 Å². The van der Waals surface area contributed by atoms with Crippen LogP contribution in [-0.2, 0) is 23.2 Å². The van der Waals surface area contributed by atoms with Gasteiger partial charge in [0.25, 0.3) is 0 Å². The second-order valence-corrected chi connectivity index (χ2v) is 6.80. The molecule has 0 radical (unpaired) electrons. The number of hydrogen-bond acceptors (Lipinski definition) is 3. The zero-order chi connectivity index (χ0) is 14.8. The molecule has 0 saturated heterocycles. The van der Waals surface area contributed by atoms with Crippen molar-refractivity contribution in [3.05, 3.63) is 18.7 Å². The van der Waals surface area contributed by atoms with Crippen molar-refractivity contribution in [3.8, 4) is 0 Å². The second kappa shape index (κ2) is 9.13. The highest BCUT2D eigenvalue weighted by Gasteiger charge is 2.04. The predicted octanol–water partition coefficient (Wildman–Crippen LogP) is 2.07. The molecule has 0 unspecified atom stereocenters. The van der Waals surface area contributed by atoms with Crippen LogP contribution in [0, 0.1) is 0 Å². The topological polar surface area (TPSA) is 66.0 Å². The van der Waals surface area contributed by atoms with Gasteiger partial charge in [-0.05, 0) is 19.3 Å². The van der Waals surface area contributed by atoms with Gasteiger partial charge in [0.05, 0.1) is 23.2 Å². The number of aryl methyl sites for hydroxylation is 2. The van der Waals surface area contributed by atoms with Crippen LogP contribution in [0.15, 0.2) is 18.7 Å². The first-order valence-corrected chi connectivity index (χ1v) is 9.07. The first-order chi connectivity index (χ1) is 9.51. The molecule has 1 aromatic heterocycles. The predicted molar refractivity (Wildman–Crippen MR) is 77.2 cm³/mol. The van der Waals surface area contributed by atoms with Gasteiger partial charge in [0.2, 0.25) is 6.33 Å². The van der Waals surface area contributed by atoms with Crippen molar-refractivity contribution < 1.29 is 17.5 Å². The molecule has 0 aliphatic rings. The smallest absolute Gasteiger partial charge is 0.243 e. The molecule has 1 aromatic rings. The maximum Gasteiger partial charge on any atom is 0.243 e. The largest absolute Gasteiger partial charge is 0.748 e. The van der Waals surface area contributed by atoms with Crippen LogP contribution in [-0.4, -0.2) is 23.3 Å². The molecule has 0 bridgehead atoms. The van der Waals surface area contributed by atoms with E-state index in [-0.39, 0.29) is 5.75 Å². The van der Waals surface area contributed by atoms with Crippen molar-refractivity contribution in [1.82, 2.24) is 4.57 Å². The van der Waals surface area contributed by atoms with E-state index in [1.54, 1.807) is 0 Å². The molecule has 0 spiro atoms. The molecule has 0 fully saturated rings. The minimum absolute atomic E-state index is 0.289.